The van der Waals surface area contributed by atoms with Gasteiger partial charge in [-0.05, 0) is 86.0 Å². The molecule has 2 aromatic rings. The van der Waals surface area contributed by atoms with Crippen LogP contribution in [0.25, 0.3) is 5.57 Å². The highest BCUT2D eigenvalue weighted by Gasteiger charge is 2.41. The van der Waals surface area contributed by atoms with E-state index in [1.165, 1.54) is 0 Å². The summed E-state index contributed by atoms with van der Waals surface area (Å²) in [5, 5.41) is 15.9. The Bertz CT molecular complexity index is 1280. The van der Waals surface area contributed by atoms with Crippen molar-refractivity contribution in [2.75, 3.05) is 11.9 Å². The van der Waals surface area contributed by atoms with Crippen molar-refractivity contribution in [3.8, 4) is 0 Å². The minimum Gasteiger partial charge on any atom is -0.396 e. The molecule has 37 heavy (non-hydrogen) atoms. The fourth-order valence-corrected chi connectivity index (χ4v) is 7.60. The molecular formula is C29H37N3O4S. The van der Waals surface area contributed by atoms with E-state index < -0.39 is 15.1 Å². The molecule has 0 radical (unpaired) electrons. The smallest absolute Gasteiger partial charge is 0.257 e. The standard InChI is InChI=1S/C29H37N3O4S/c1-2-26(22-10-11-22)37(35,36)27-13-12-23(19-24(27)21-8-9-21)25(18-20-6-3-4-7-20)29(34)30-28-14-16-32(31-28)15-5-17-33/h2,12-14,16,18-22,26,33H,1,3-11,15,17H2,(H,30,31,34)/b25-18+. The molecule has 1 amide bonds. The summed E-state index contributed by atoms with van der Waals surface area (Å²) in [5.41, 5.74) is 2.17. The molecule has 1 unspecified atom stereocenters. The van der Waals surface area contributed by atoms with Crippen LogP contribution in [0.2, 0.25) is 0 Å². The summed E-state index contributed by atoms with van der Waals surface area (Å²) >= 11 is 0. The minimum absolute atomic E-state index is 0.0824. The van der Waals surface area contributed by atoms with E-state index in [0.29, 0.717) is 35.2 Å². The van der Waals surface area contributed by atoms with Gasteiger partial charge in [-0.15, -0.1) is 6.58 Å². The van der Waals surface area contributed by atoms with Gasteiger partial charge in [-0.25, -0.2) is 8.42 Å². The van der Waals surface area contributed by atoms with Crippen molar-refractivity contribution in [1.82, 2.24) is 9.78 Å². The summed E-state index contributed by atoms with van der Waals surface area (Å²) in [6.45, 7) is 4.48. The van der Waals surface area contributed by atoms with Crippen LogP contribution >= 0.6 is 0 Å². The molecule has 0 spiro atoms. The van der Waals surface area contributed by atoms with Gasteiger partial charge in [0.2, 0.25) is 0 Å². The Kier molecular flexibility index (Phi) is 7.67. The van der Waals surface area contributed by atoms with Crippen LogP contribution in [-0.2, 0) is 21.2 Å². The maximum absolute atomic E-state index is 13.6. The number of aromatic nitrogens is 2. The van der Waals surface area contributed by atoms with Crippen molar-refractivity contribution in [3.05, 3.63) is 60.3 Å². The van der Waals surface area contributed by atoms with Gasteiger partial charge in [-0.1, -0.05) is 31.1 Å². The molecule has 3 aliphatic carbocycles. The normalized spacial score (nSPS) is 19.6. The van der Waals surface area contributed by atoms with E-state index in [0.717, 1.165) is 62.5 Å². The Hall–Kier alpha value is -2.71. The van der Waals surface area contributed by atoms with Gasteiger partial charge < -0.3 is 10.4 Å². The number of benzene rings is 1. The second-order valence-corrected chi connectivity index (χ2v) is 12.8. The molecule has 3 fully saturated rings. The predicted molar refractivity (Wildman–Crippen MR) is 145 cm³/mol. The van der Waals surface area contributed by atoms with Crippen LogP contribution in [0.1, 0.15) is 74.8 Å². The Morgan fingerprint density at radius 1 is 1.16 bits per heavy atom. The SMILES string of the molecule is C=CC(C1CC1)S(=O)(=O)c1ccc(/C(=C\C2CCCC2)C(=O)Nc2ccn(CCCO)n2)cc1C1CC1. The molecule has 0 aliphatic heterocycles. The number of hydrogen-bond donors (Lipinski definition) is 2. The number of sulfone groups is 1. The van der Waals surface area contributed by atoms with Gasteiger partial charge in [0.1, 0.15) is 0 Å². The number of carbonyl (C=O) groups is 1. The van der Waals surface area contributed by atoms with E-state index in [4.69, 9.17) is 5.11 Å². The first-order valence-electron chi connectivity index (χ1n) is 13.6. The van der Waals surface area contributed by atoms with Gasteiger partial charge in [0.15, 0.2) is 15.7 Å². The van der Waals surface area contributed by atoms with Crippen molar-refractivity contribution >= 4 is 27.1 Å². The second-order valence-electron chi connectivity index (χ2n) is 10.7. The van der Waals surface area contributed by atoms with Crippen LogP contribution in [0, 0.1) is 11.8 Å². The number of rotatable bonds is 12. The van der Waals surface area contributed by atoms with Gasteiger partial charge in [0.05, 0.1) is 10.1 Å². The molecule has 0 saturated heterocycles. The number of aliphatic hydroxyl groups excluding tert-OH is 1. The third-order valence-corrected chi connectivity index (χ3v) is 10.1. The molecule has 1 heterocycles. The number of nitrogens with zero attached hydrogens (tertiary/aromatic N) is 2. The number of allylic oxidation sites excluding steroid dienone is 1. The molecule has 3 saturated carbocycles. The molecule has 7 nitrogen and oxygen atoms in total. The molecule has 2 N–H and O–H groups in total. The fourth-order valence-electron chi connectivity index (χ4n) is 5.46. The van der Waals surface area contributed by atoms with E-state index in [1.807, 2.05) is 6.07 Å². The molecule has 8 heteroatoms. The highest BCUT2D eigenvalue weighted by molar-refractivity contribution is 7.92. The number of anilines is 1. The van der Waals surface area contributed by atoms with Crippen molar-refractivity contribution in [2.45, 2.75) is 80.4 Å². The molecule has 1 aromatic heterocycles. The van der Waals surface area contributed by atoms with Gasteiger partial charge >= 0.3 is 0 Å². The van der Waals surface area contributed by atoms with E-state index >= 15 is 0 Å². The van der Waals surface area contributed by atoms with E-state index in [2.05, 4.69) is 23.1 Å². The van der Waals surface area contributed by atoms with Crippen LogP contribution < -0.4 is 5.32 Å². The summed E-state index contributed by atoms with van der Waals surface area (Å²) in [7, 11) is -3.53. The van der Waals surface area contributed by atoms with Crippen molar-refractivity contribution in [3.63, 3.8) is 0 Å². The zero-order valence-corrected chi connectivity index (χ0v) is 22.1. The Morgan fingerprint density at radius 3 is 2.57 bits per heavy atom. The first kappa shape index (κ1) is 25.9. The van der Waals surface area contributed by atoms with Crippen molar-refractivity contribution < 1.29 is 18.3 Å². The van der Waals surface area contributed by atoms with Crippen LogP contribution in [0.3, 0.4) is 0 Å². The number of aliphatic hydroxyl groups is 1. The predicted octanol–water partition coefficient (Wildman–Crippen LogP) is 5.09. The quantitative estimate of drug-likeness (QED) is 0.298. The van der Waals surface area contributed by atoms with E-state index in [1.54, 1.807) is 35.2 Å². The minimum atomic E-state index is -3.53. The number of aryl methyl sites for hydroxylation is 1. The van der Waals surface area contributed by atoms with Crippen LogP contribution in [0.15, 0.2) is 54.1 Å². The lowest BCUT2D eigenvalue weighted by Crippen LogP contribution is -2.22. The monoisotopic (exact) mass is 523 g/mol. The lowest BCUT2D eigenvalue weighted by atomic mass is 9.96. The third kappa shape index (κ3) is 5.91. The number of nitrogens with one attached hydrogen (secondary N) is 1. The highest BCUT2D eigenvalue weighted by Crippen LogP contribution is 2.46. The summed E-state index contributed by atoms with van der Waals surface area (Å²) in [6.07, 6.45) is 14.2. The zero-order chi connectivity index (χ0) is 26.0. The lowest BCUT2D eigenvalue weighted by Gasteiger charge is -2.18. The maximum Gasteiger partial charge on any atom is 0.257 e. The summed E-state index contributed by atoms with van der Waals surface area (Å²) in [4.78, 5) is 14.0. The largest absolute Gasteiger partial charge is 0.396 e. The topological polar surface area (TPSA) is 101 Å². The van der Waals surface area contributed by atoms with Crippen molar-refractivity contribution in [1.29, 1.82) is 0 Å². The van der Waals surface area contributed by atoms with Gasteiger partial charge in [0, 0.05) is 31.0 Å². The first-order valence-corrected chi connectivity index (χ1v) is 15.1. The summed E-state index contributed by atoms with van der Waals surface area (Å²) < 4.78 is 28.9. The van der Waals surface area contributed by atoms with Gasteiger partial charge in [0.25, 0.3) is 5.91 Å². The molecule has 198 valence electrons. The molecule has 1 atom stereocenters. The van der Waals surface area contributed by atoms with Gasteiger partial charge in [-0.3, -0.25) is 9.48 Å². The van der Waals surface area contributed by atoms with Crippen LogP contribution in [-0.4, -0.2) is 41.1 Å². The average molecular weight is 524 g/mol. The van der Waals surface area contributed by atoms with E-state index in [-0.39, 0.29) is 24.3 Å². The van der Waals surface area contributed by atoms with Crippen LogP contribution in [0.4, 0.5) is 5.82 Å². The molecule has 5 rings (SSSR count). The fraction of sp³-hybridized carbons (Fsp3) is 0.517. The van der Waals surface area contributed by atoms with E-state index in [9.17, 15) is 13.2 Å². The Morgan fingerprint density at radius 2 is 1.92 bits per heavy atom. The molecule has 0 bridgehead atoms. The highest BCUT2D eigenvalue weighted by atomic mass is 32.2. The van der Waals surface area contributed by atoms with Crippen molar-refractivity contribution in [2.24, 2.45) is 11.8 Å². The Labute approximate surface area is 219 Å². The van der Waals surface area contributed by atoms with Gasteiger partial charge in [-0.2, -0.15) is 5.10 Å². The molecule has 1 aromatic carbocycles. The second kappa shape index (κ2) is 11.0. The summed E-state index contributed by atoms with van der Waals surface area (Å²) in [6, 6.07) is 7.21. The molecular weight excluding hydrogens is 486 g/mol. The Balaban J connectivity index is 1.47. The number of amides is 1. The lowest BCUT2D eigenvalue weighted by molar-refractivity contribution is -0.111. The summed E-state index contributed by atoms with van der Waals surface area (Å²) in [5.74, 6) is 0.928. The number of hydrogen-bond acceptors (Lipinski definition) is 5. The maximum atomic E-state index is 13.6. The molecule has 3 aliphatic rings. The zero-order valence-electron chi connectivity index (χ0n) is 21.3. The third-order valence-electron chi connectivity index (χ3n) is 7.80. The average Bonchev–Trinajstić information content (AvgIpc) is 3.81. The van der Waals surface area contributed by atoms with Crippen LogP contribution in [0.5, 0.6) is 0 Å². The first-order chi connectivity index (χ1) is 17.9. The number of carbonyl (C=O) groups excluding carboxylic acids is 1.